The maximum atomic E-state index is 12.9. The first kappa shape index (κ1) is 20.8. The topological polar surface area (TPSA) is 84.3 Å². The average Bonchev–Trinajstić information content (AvgIpc) is 3.15. The molecule has 2 amide bonds. The van der Waals surface area contributed by atoms with Crippen LogP contribution < -0.4 is 5.32 Å². The van der Waals surface area contributed by atoms with Gasteiger partial charge in [0, 0.05) is 30.1 Å². The molecular formula is C22H28N4O3. The van der Waals surface area contributed by atoms with Crippen molar-refractivity contribution in [2.24, 2.45) is 5.41 Å². The zero-order valence-electron chi connectivity index (χ0n) is 17.4. The fraction of sp³-hybridized carbons (Fsp3) is 0.455. The highest BCUT2D eigenvalue weighted by Gasteiger charge is 2.29. The van der Waals surface area contributed by atoms with E-state index in [1.54, 1.807) is 41.4 Å². The number of carbonyl (C=O) groups is 3. The summed E-state index contributed by atoms with van der Waals surface area (Å²) in [6, 6.07) is 8.84. The Labute approximate surface area is 171 Å². The molecule has 29 heavy (non-hydrogen) atoms. The quantitative estimate of drug-likeness (QED) is 0.801. The second-order valence-electron chi connectivity index (χ2n) is 8.49. The number of amides is 2. The third kappa shape index (κ3) is 4.55. The molecule has 0 aliphatic carbocycles. The van der Waals surface area contributed by atoms with Crippen LogP contribution in [-0.4, -0.2) is 45.4 Å². The molecule has 0 bridgehead atoms. The van der Waals surface area contributed by atoms with E-state index < -0.39 is 5.41 Å². The first-order chi connectivity index (χ1) is 13.7. The number of hydrogen-bond donors (Lipinski definition) is 1. The SMILES string of the molecule is CC(=O)c1ccccc1C(=O)N1CCC(n2nccc2NC(=O)C(C)(C)C)CC1. The zero-order valence-corrected chi connectivity index (χ0v) is 17.4. The number of nitrogens with zero attached hydrogens (tertiary/aromatic N) is 3. The number of piperidine rings is 1. The van der Waals surface area contributed by atoms with E-state index in [1.165, 1.54) is 6.92 Å². The molecule has 1 fully saturated rings. The monoisotopic (exact) mass is 396 g/mol. The summed E-state index contributed by atoms with van der Waals surface area (Å²) >= 11 is 0. The van der Waals surface area contributed by atoms with E-state index >= 15 is 0 Å². The van der Waals surface area contributed by atoms with Gasteiger partial charge in [0.1, 0.15) is 5.82 Å². The Balaban J connectivity index is 1.68. The van der Waals surface area contributed by atoms with Gasteiger partial charge in [-0.1, -0.05) is 39.0 Å². The molecule has 1 aromatic heterocycles. The fourth-order valence-electron chi connectivity index (χ4n) is 3.47. The number of anilines is 1. The van der Waals surface area contributed by atoms with Crippen LogP contribution in [0.3, 0.4) is 0 Å². The molecule has 3 rings (SSSR count). The van der Waals surface area contributed by atoms with Crippen molar-refractivity contribution in [1.82, 2.24) is 14.7 Å². The highest BCUT2D eigenvalue weighted by Crippen LogP contribution is 2.27. The summed E-state index contributed by atoms with van der Waals surface area (Å²) in [6.45, 7) is 8.22. The van der Waals surface area contributed by atoms with Crippen molar-refractivity contribution >= 4 is 23.4 Å². The smallest absolute Gasteiger partial charge is 0.254 e. The van der Waals surface area contributed by atoms with Crippen LogP contribution in [0.5, 0.6) is 0 Å². The summed E-state index contributed by atoms with van der Waals surface area (Å²) in [4.78, 5) is 38.9. The van der Waals surface area contributed by atoms with E-state index in [2.05, 4.69) is 10.4 Å². The van der Waals surface area contributed by atoms with Crippen LogP contribution in [-0.2, 0) is 4.79 Å². The van der Waals surface area contributed by atoms with Crippen LogP contribution in [0.25, 0.3) is 0 Å². The summed E-state index contributed by atoms with van der Waals surface area (Å²) in [5.74, 6) is 0.389. The van der Waals surface area contributed by atoms with Crippen LogP contribution in [0.2, 0.25) is 0 Å². The molecule has 0 saturated carbocycles. The lowest BCUT2D eigenvalue weighted by Crippen LogP contribution is -2.40. The van der Waals surface area contributed by atoms with Gasteiger partial charge in [-0.15, -0.1) is 0 Å². The van der Waals surface area contributed by atoms with E-state index in [1.807, 2.05) is 25.5 Å². The molecule has 1 aliphatic rings. The predicted octanol–water partition coefficient (Wildman–Crippen LogP) is 3.55. The van der Waals surface area contributed by atoms with Crippen LogP contribution in [0.1, 0.15) is 67.3 Å². The lowest BCUT2D eigenvalue weighted by Gasteiger charge is -2.33. The number of rotatable bonds is 4. The lowest BCUT2D eigenvalue weighted by atomic mass is 9.96. The van der Waals surface area contributed by atoms with Gasteiger partial charge in [0.05, 0.1) is 17.8 Å². The van der Waals surface area contributed by atoms with Crippen molar-refractivity contribution in [1.29, 1.82) is 0 Å². The highest BCUT2D eigenvalue weighted by molar-refractivity contribution is 6.07. The van der Waals surface area contributed by atoms with Crippen LogP contribution in [0.4, 0.5) is 5.82 Å². The van der Waals surface area contributed by atoms with Gasteiger partial charge < -0.3 is 10.2 Å². The van der Waals surface area contributed by atoms with Crippen LogP contribution in [0, 0.1) is 5.41 Å². The number of aromatic nitrogens is 2. The van der Waals surface area contributed by atoms with Gasteiger partial charge in [0.25, 0.3) is 5.91 Å². The molecule has 2 heterocycles. The third-order valence-corrected chi connectivity index (χ3v) is 5.23. The number of Topliss-reactive ketones (excluding diaryl/α,β-unsaturated/α-hetero) is 1. The highest BCUT2D eigenvalue weighted by atomic mass is 16.2. The Kier molecular flexibility index (Phi) is 5.86. The molecule has 7 nitrogen and oxygen atoms in total. The summed E-state index contributed by atoms with van der Waals surface area (Å²) < 4.78 is 1.84. The Bertz CT molecular complexity index is 918. The Hall–Kier alpha value is -2.96. The van der Waals surface area contributed by atoms with Crippen molar-refractivity contribution in [3.8, 4) is 0 Å². The van der Waals surface area contributed by atoms with Gasteiger partial charge in [0.15, 0.2) is 5.78 Å². The first-order valence-corrected chi connectivity index (χ1v) is 9.92. The molecule has 1 saturated heterocycles. The summed E-state index contributed by atoms with van der Waals surface area (Å²) in [6.07, 6.45) is 3.14. The van der Waals surface area contributed by atoms with E-state index in [-0.39, 0.29) is 23.6 Å². The molecule has 1 aliphatic heterocycles. The van der Waals surface area contributed by atoms with Gasteiger partial charge >= 0.3 is 0 Å². The van der Waals surface area contributed by atoms with Crippen molar-refractivity contribution in [2.45, 2.75) is 46.6 Å². The Morgan fingerprint density at radius 1 is 1.03 bits per heavy atom. The number of carbonyl (C=O) groups excluding carboxylic acids is 3. The van der Waals surface area contributed by atoms with E-state index in [4.69, 9.17) is 0 Å². The normalized spacial score (nSPS) is 15.2. The van der Waals surface area contributed by atoms with Gasteiger partial charge in [-0.25, -0.2) is 4.68 Å². The van der Waals surface area contributed by atoms with E-state index in [9.17, 15) is 14.4 Å². The van der Waals surface area contributed by atoms with Gasteiger partial charge in [-0.2, -0.15) is 5.10 Å². The second kappa shape index (κ2) is 8.19. The summed E-state index contributed by atoms with van der Waals surface area (Å²) in [7, 11) is 0. The fourth-order valence-corrected chi connectivity index (χ4v) is 3.47. The third-order valence-electron chi connectivity index (χ3n) is 5.23. The molecule has 1 aromatic carbocycles. The minimum atomic E-state index is -0.491. The van der Waals surface area contributed by atoms with Crippen molar-refractivity contribution in [2.75, 3.05) is 18.4 Å². The van der Waals surface area contributed by atoms with E-state index in [0.717, 1.165) is 12.8 Å². The minimum Gasteiger partial charge on any atom is -0.338 e. The zero-order chi connectivity index (χ0) is 21.2. The maximum absolute atomic E-state index is 12.9. The predicted molar refractivity (Wildman–Crippen MR) is 111 cm³/mol. The van der Waals surface area contributed by atoms with Gasteiger partial charge in [-0.3, -0.25) is 14.4 Å². The largest absolute Gasteiger partial charge is 0.338 e. The van der Waals surface area contributed by atoms with Crippen LogP contribution >= 0.6 is 0 Å². The van der Waals surface area contributed by atoms with E-state index in [0.29, 0.717) is 30.0 Å². The first-order valence-electron chi connectivity index (χ1n) is 9.92. The molecule has 154 valence electrons. The molecule has 1 N–H and O–H groups in total. The molecular weight excluding hydrogens is 368 g/mol. The van der Waals surface area contributed by atoms with Crippen molar-refractivity contribution < 1.29 is 14.4 Å². The number of ketones is 1. The average molecular weight is 396 g/mol. The second-order valence-corrected chi connectivity index (χ2v) is 8.49. The molecule has 0 atom stereocenters. The van der Waals surface area contributed by atoms with Crippen molar-refractivity contribution in [3.63, 3.8) is 0 Å². The number of benzene rings is 1. The summed E-state index contributed by atoms with van der Waals surface area (Å²) in [5, 5.41) is 7.35. The van der Waals surface area contributed by atoms with Crippen LogP contribution in [0.15, 0.2) is 36.5 Å². The number of nitrogens with one attached hydrogen (secondary N) is 1. The van der Waals surface area contributed by atoms with Gasteiger partial charge in [0.2, 0.25) is 5.91 Å². The number of likely N-dealkylation sites (tertiary alicyclic amines) is 1. The Morgan fingerprint density at radius 2 is 1.66 bits per heavy atom. The minimum absolute atomic E-state index is 0.0623. The van der Waals surface area contributed by atoms with Crippen molar-refractivity contribution in [3.05, 3.63) is 47.7 Å². The Morgan fingerprint density at radius 3 is 2.24 bits per heavy atom. The van der Waals surface area contributed by atoms with Gasteiger partial charge in [-0.05, 0) is 25.8 Å². The maximum Gasteiger partial charge on any atom is 0.254 e. The number of hydrogen-bond acceptors (Lipinski definition) is 4. The molecule has 0 radical (unpaired) electrons. The molecule has 2 aromatic rings. The molecule has 0 unspecified atom stereocenters. The standard InChI is InChI=1S/C22H28N4O3/c1-15(27)17-7-5-6-8-18(17)20(28)25-13-10-16(11-14-25)26-19(9-12-23-26)24-21(29)22(2,3)4/h5-9,12,16H,10-11,13-14H2,1-4H3,(H,24,29). The summed E-state index contributed by atoms with van der Waals surface area (Å²) in [5.41, 5.74) is 0.421. The lowest BCUT2D eigenvalue weighted by molar-refractivity contribution is -0.123. The molecule has 7 heteroatoms. The molecule has 0 spiro atoms.